The average molecular weight is 310 g/mol. The summed E-state index contributed by atoms with van der Waals surface area (Å²) >= 11 is 0. The monoisotopic (exact) mass is 310 g/mol. The molecule has 0 unspecified atom stereocenters. The molecule has 6 nitrogen and oxygen atoms in total. The third-order valence-corrected chi connectivity index (χ3v) is 3.20. The van der Waals surface area contributed by atoms with Gasteiger partial charge in [-0.25, -0.2) is 4.79 Å². The SMILES string of the molecule is CCCOCCNC[C@@H](O)[C@H](Cc1ccccc1)NC(=O)O. The Bertz CT molecular complexity index is 414. The predicted octanol–water partition coefficient (Wildman–Crippen LogP) is 1.24. The van der Waals surface area contributed by atoms with Gasteiger partial charge >= 0.3 is 6.09 Å². The molecule has 0 spiro atoms. The maximum Gasteiger partial charge on any atom is 0.404 e. The van der Waals surface area contributed by atoms with Crippen LogP contribution in [0.1, 0.15) is 18.9 Å². The molecule has 0 saturated heterocycles. The molecule has 1 rings (SSSR count). The maximum atomic E-state index is 10.9. The van der Waals surface area contributed by atoms with Crippen LogP contribution >= 0.6 is 0 Å². The first-order valence-corrected chi connectivity index (χ1v) is 7.63. The quantitative estimate of drug-likeness (QED) is 0.462. The summed E-state index contributed by atoms with van der Waals surface area (Å²) < 4.78 is 5.33. The van der Waals surface area contributed by atoms with Gasteiger partial charge in [-0.2, -0.15) is 0 Å². The van der Waals surface area contributed by atoms with E-state index in [-0.39, 0.29) is 0 Å². The molecular weight excluding hydrogens is 284 g/mol. The van der Waals surface area contributed by atoms with Crippen molar-refractivity contribution in [1.29, 1.82) is 0 Å². The number of hydrogen-bond donors (Lipinski definition) is 4. The lowest BCUT2D eigenvalue weighted by atomic mass is 10.0. The van der Waals surface area contributed by atoms with E-state index in [1.165, 1.54) is 0 Å². The number of carboxylic acid groups (broad SMARTS) is 1. The number of aliphatic hydroxyl groups excluding tert-OH is 1. The van der Waals surface area contributed by atoms with Crippen LogP contribution in [0.3, 0.4) is 0 Å². The van der Waals surface area contributed by atoms with Crippen molar-refractivity contribution in [2.24, 2.45) is 0 Å². The summed E-state index contributed by atoms with van der Waals surface area (Å²) in [6, 6.07) is 8.96. The molecule has 22 heavy (non-hydrogen) atoms. The molecule has 0 heterocycles. The van der Waals surface area contributed by atoms with Crippen LogP contribution < -0.4 is 10.6 Å². The van der Waals surface area contributed by atoms with Gasteiger partial charge in [-0.05, 0) is 18.4 Å². The third-order valence-electron chi connectivity index (χ3n) is 3.20. The van der Waals surface area contributed by atoms with Crippen molar-refractivity contribution >= 4 is 6.09 Å². The summed E-state index contributed by atoms with van der Waals surface area (Å²) in [5.41, 5.74) is 0.978. The molecule has 2 atom stereocenters. The topological polar surface area (TPSA) is 90.8 Å². The lowest BCUT2D eigenvalue weighted by molar-refractivity contribution is 0.108. The first-order chi connectivity index (χ1) is 10.6. The summed E-state index contributed by atoms with van der Waals surface area (Å²) in [5.74, 6) is 0. The van der Waals surface area contributed by atoms with Gasteiger partial charge in [0.2, 0.25) is 0 Å². The number of ether oxygens (including phenoxy) is 1. The fraction of sp³-hybridized carbons (Fsp3) is 0.562. The molecule has 0 aliphatic heterocycles. The normalized spacial score (nSPS) is 13.5. The van der Waals surface area contributed by atoms with Gasteiger partial charge in [-0.15, -0.1) is 0 Å². The number of nitrogens with one attached hydrogen (secondary N) is 2. The van der Waals surface area contributed by atoms with Crippen molar-refractivity contribution < 1.29 is 19.7 Å². The van der Waals surface area contributed by atoms with Crippen molar-refractivity contribution in [2.75, 3.05) is 26.3 Å². The second-order valence-corrected chi connectivity index (χ2v) is 5.13. The standard InChI is InChI=1S/C16H26N2O4/c1-2-9-22-10-8-17-12-15(19)14(18-16(20)21)11-13-6-4-3-5-7-13/h3-7,14-15,17-19H,2,8-12H2,1H3,(H,20,21)/t14-,15+/m0/s1. The number of rotatable bonds is 11. The van der Waals surface area contributed by atoms with Crippen molar-refractivity contribution in [3.63, 3.8) is 0 Å². The fourth-order valence-electron chi connectivity index (χ4n) is 2.09. The van der Waals surface area contributed by atoms with Crippen molar-refractivity contribution in [3.05, 3.63) is 35.9 Å². The van der Waals surface area contributed by atoms with Gasteiger partial charge in [0, 0.05) is 19.7 Å². The molecule has 1 amide bonds. The fourth-order valence-corrected chi connectivity index (χ4v) is 2.09. The Morgan fingerprint density at radius 1 is 1.27 bits per heavy atom. The number of amides is 1. The zero-order valence-electron chi connectivity index (χ0n) is 13.0. The molecule has 0 fully saturated rings. The lowest BCUT2D eigenvalue weighted by Gasteiger charge is -2.23. The van der Waals surface area contributed by atoms with E-state index >= 15 is 0 Å². The smallest absolute Gasteiger partial charge is 0.404 e. The second-order valence-electron chi connectivity index (χ2n) is 5.13. The van der Waals surface area contributed by atoms with Crippen LogP contribution in [-0.2, 0) is 11.2 Å². The van der Waals surface area contributed by atoms with Gasteiger partial charge in [-0.1, -0.05) is 37.3 Å². The first kappa shape index (κ1) is 18.4. The van der Waals surface area contributed by atoms with E-state index in [1.807, 2.05) is 37.3 Å². The number of benzene rings is 1. The number of carbonyl (C=O) groups is 1. The van der Waals surface area contributed by atoms with Gasteiger partial charge in [0.05, 0.1) is 18.8 Å². The van der Waals surface area contributed by atoms with E-state index in [1.54, 1.807) is 0 Å². The molecule has 0 aromatic heterocycles. The molecular formula is C16H26N2O4. The van der Waals surface area contributed by atoms with E-state index in [4.69, 9.17) is 9.84 Å². The summed E-state index contributed by atoms with van der Waals surface area (Å²) in [4.78, 5) is 10.9. The van der Waals surface area contributed by atoms with Gasteiger partial charge < -0.3 is 25.6 Å². The van der Waals surface area contributed by atoms with Crippen LogP contribution in [0, 0.1) is 0 Å². The predicted molar refractivity (Wildman–Crippen MR) is 85.1 cm³/mol. The van der Waals surface area contributed by atoms with Crippen LogP contribution in [0.15, 0.2) is 30.3 Å². The highest BCUT2D eigenvalue weighted by molar-refractivity contribution is 5.65. The van der Waals surface area contributed by atoms with Crippen molar-refractivity contribution in [2.45, 2.75) is 31.9 Å². The van der Waals surface area contributed by atoms with Crippen LogP contribution in [0.5, 0.6) is 0 Å². The molecule has 1 aromatic rings. The lowest BCUT2D eigenvalue weighted by Crippen LogP contribution is -2.48. The summed E-state index contributed by atoms with van der Waals surface area (Å²) in [7, 11) is 0. The summed E-state index contributed by atoms with van der Waals surface area (Å²) in [5, 5.41) is 24.6. The highest BCUT2D eigenvalue weighted by atomic mass is 16.5. The first-order valence-electron chi connectivity index (χ1n) is 7.63. The van der Waals surface area contributed by atoms with E-state index < -0.39 is 18.2 Å². The van der Waals surface area contributed by atoms with Crippen molar-refractivity contribution in [1.82, 2.24) is 10.6 Å². The molecule has 0 bridgehead atoms. The van der Waals surface area contributed by atoms with E-state index in [0.717, 1.165) is 18.6 Å². The molecule has 6 heteroatoms. The molecule has 4 N–H and O–H groups in total. The summed E-state index contributed by atoms with van der Waals surface area (Å²) in [6.07, 6.45) is -0.513. The second kappa shape index (κ2) is 11.0. The molecule has 0 aliphatic rings. The third kappa shape index (κ3) is 7.97. The van der Waals surface area contributed by atoms with Crippen LogP contribution in [0.4, 0.5) is 4.79 Å². The van der Waals surface area contributed by atoms with Gasteiger partial charge in [0.1, 0.15) is 0 Å². The van der Waals surface area contributed by atoms with Gasteiger partial charge in [-0.3, -0.25) is 0 Å². The molecule has 124 valence electrons. The highest BCUT2D eigenvalue weighted by Crippen LogP contribution is 2.06. The minimum absolute atomic E-state index is 0.313. The van der Waals surface area contributed by atoms with Crippen LogP contribution in [0.2, 0.25) is 0 Å². The number of aliphatic hydroxyl groups is 1. The Labute approximate surface area is 131 Å². The van der Waals surface area contributed by atoms with Gasteiger partial charge in [0.15, 0.2) is 0 Å². The zero-order valence-corrected chi connectivity index (χ0v) is 13.0. The Balaban J connectivity index is 2.40. The zero-order chi connectivity index (χ0) is 16.2. The van der Waals surface area contributed by atoms with E-state index in [2.05, 4.69) is 10.6 Å². The van der Waals surface area contributed by atoms with E-state index in [0.29, 0.717) is 26.1 Å². The minimum atomic E-state index is -1.13. The van der Waals surface area contributed by atoms with Crippen molar-refractivity contribution in [3.8, 4) is 0 Å². The minimum Gasteiger partial charge on any atom is -0.465 e. The van der Waals surface area contributed by atoms with E-state index in [9.17, 15) is 9.90 Å². The Morgan fingerprint density at radius 3 is 2.64 bits per heavy atom. The Morgan fingerprint density at radius 2 is 2.00 bits per heavy atom. The van der Waals surface area contributed by atoms with Gasteiger partial charge in [0.25, 0.3) is 0 Å². The molecule has 1 aromatic carbocycles. The summed E-state index contributed by atoms with van der Waals surface area (Å²) in [6.45, 7) is 4.29. The van der Waals surface area contributed by atoms with Crippen LogP contribution in [-0.4, -0.2) is 54.8 Å². The molecule has 0 saturated carbocycles. The number of hydrogen-bond acceptors (Lipinski definition) is 4. The average Bonchev–Trinajstić information content (AvgIpc) is 2.50. The van der Waals surface area contributed by atoms with Crippen LogP contribution in [0.25, 0.3) is 0 Å². The maximum absolute atomic E-state index is 10.9. The Kier molecular flexibility index (Phi) is 9.21. The molecule has 0 radical (unpaired) electrons. The Hall–Kier alpha value is -1.63. The highest BCUT2D eigenvalue weighted by Gasteiger charge is 2.21. The molecule has 0 aliphatic carbocycles. The largest absolute Gasteiger partial charge is 0.465 e.